The van der Waals surface area contributed by atoms with Crippen LogP contribution in [0.5, 0.6) is 0 Å². The van der Waals surface area contributed by atoms with Crippen LogP contribution in [0.3, 0.4) is 0 Å². The molecule has 0 aromatic carbocycles. The lowest BCUT2D eigenvalue weighted by molar-refractivity contribution is -0.736. The average Bonchev–Trinajstić information content (AvgIpc) is 2.45. The molecule has 0 spiro atoms. The third-order valence-corrected chi connectivity index (χ3v) is 4.59. The van der Waals surface area contributed by atoms with Gasteiger partial charge in [0.05, 0.1) is 9.93 Å². The van der Waals surface area contributed by atoms with Gasteiger partial charge < -0.3 is 5.73 Å². The summed E-state index contributed by atoms with van der Waals surface area (Å²) in [5, 5.41) is 0.872. The molecular weight excluding hydrogens is 262 g/mol. The number of aromatic nitrogens is 1. The van der Waals surface area contributed by atoms with Crippen LogP contribution in [0.1, 0.15) is 32.1 Å². The maximum absolute atomic E-state index is 11.3. The van der Waals surface area contributed by atoms with Crippen molar-refractivity contribution in [3.05, 3.63) is 17.0 Å². The molecule has 5 nitrogen and oxygen atoms in total. The molecule has 1 fully saturated rings. The fraction of sp³-hybridized carbons (Fsp3) is 0.615. The molecule has 2 rings (SSSR count). The first kappa shape index (κ1) is 14.1. The van der Waals surface area contributed by atoms with Gasteiger partial charge in [0.2, 0.25) is 5.82 Å². The molecule has 104 valence electrons. The predicted molar refractivity (Wildman–Crippen MR) is 76.2 cm³/mol. The Labute approximate surface area is 117 Å². The van der Waals surface area contributed by atoms with E-state index in [0.717, 1.165) is 16.7 Å². The number of anilines is 1. The minimum absolute atomic E-state index is 0.213. The van der Waals surface area contributed by atoms with E-state index in [-0.39, 0.29) is 11.5 Å². The monoisotopic (exact) mass is 282 g/mol. The summed E-state index contributed by atoms with van der Waals surface area (Å²) in [5.74, 6) is 2.08. The summed E-state index contributed by atoms with van der Waals surface area (Å²) < 4.78 is 0. The number of hydrogen-bond donors (Lipinski definition) is 1. The lowest BCUT2D eigenvalue weighted by Crippen LogP contribution is -2.09. The Morgan fingerprint density at radius 2 is 2.16 bits per heavy atom. The molecule has 0 unspecified atom stereocenters. The van der Waals surface area contributed by atoms with Crippen molar-refractivity contribution in [2.45, 2.75) is 37.1 Å². The molecule has 1 aliphatic carbocycles. The van der Waals surface area contributed by atoms with Gasteiger partial charge in [0.1, 0.15) is 0 Å². The maximum Gasteiger partial charge on any atom is 0.358 e. The lowest BCUT2D eigenvalue weighted by Gasteiger charge is -2.20. The number of thioether (sulfide) groups is 1. The van der Waals surface area contributed by atoms with Crippen LogP contribution in [0.15, 0.2) is 17.2 Å². The van der Waals surface area contributed by atoms with Crippen molar-refractivity contribution >= 4 is 23.3 Å². The highest BCUT2D eigenvalue weighted by Crippen LogP contribution is 2.30. The van der Waals surface area contributed by atoms with Crippen LogP contribution < -0.4 is 5.73 Å². The molecule has 1 saturated carbocycles. The van der Waals surface area contributed by atoms with Crippen molar-refractivity contribution in [1.29, 1.82) is 0 Å². The quantitative estimate of drug-likeness (QED) is 0.663. The molecular formula is C13H20N3O2S+. The number of nitrogens with two attached hydrogens (primary N) is 1. The van der Waals surface area contributed by atoms with Crippen molar-refractivity contribution in [2.24, 2.45) is 5.92 Å². The van der Waals surface area contributed by atoms with Crippen molar-refractivity contribution in [3.63, 3.8) is 0 Å². The van der Waals surface area contributed by atoms with Crippen LogP contribution in [0.4, 0.5) is 11.5 Å². The SMILES string of the molecule is CO[N+](=O)c1ccc(SCC2CCCCC2)nc1N. The summed E-state index contributed by atoms with van der Waals surface area (Å²) in [4.78, 5) is 20.5. The Bertz CT molecular complexity index is 448. The smallest absolute Gasteiger partial charge is 0.358 e. The van der Waals surface area contributed by atoms with Gasteiger partial charge in [-0.05, 0) is 24.8 Å². The van der Waals surface area contributed by atoms with Gasteiger partial charge in [-0.2, -0.15) is 0 Å². The fourth-order valence-electron chi connectivity index (χ4n) is 2.34. The van der Waals surface area contributed by atoms with E-state index >= 15 is 0 Å². The Morgan fingerprint density at radius 3 is 2.79 bits per heavy atom. The molecule has 1 aromatic rings. The van der Waals surface area contributed by atoms with Crippen molar-refractivity contribution < 1.29 is 9.76 Å². The Balaban J connectivity index is 1.94. The molecule has 0 aliphatic heterocycles. The van der Waals surface area contributed by atoms with E-state index in [2.05, 4.69) is 9.82 Å². The van der Waals surface area contributed by atoms with Crippen molar-refractivity contribution in [3.8, 4) is 0 Å². The number of rotatable bonds is 5. The fourth-order valence-corrected chi connectivity index (χ4v) is 3.41. The first-order chi connectivity index (χ1) is 9.20. The van der Waals surface area contributed by atoms with Gasteiger partial charge in [0, 0.05) is 11.8 Å². The highest BCUT2D eigenvalue weighted by atomic mass is 32.2. The van der Waals surface area contributed by atoms with E-state index in [1.54, 1.807) is 17.8 Å². The summed E-state index contributed by atoms with van der Waals surface area (Å²) in [5.41, 5.74) is 6.01. The van der Waals surface area contributed by atoms with Gasteiger partial charge >= 0.3 is 5.69 Å². The molecule has 1 aliphatic rings. The van der Waals surface area contributed by atoms with Gasteiger partial charge in [0.25, 0.3) is 4.92 Å². The molecule has 1 heterocycles. The van der Waals surface area contributed by atoms with Crippen molar-refractivity contribution in [2.75, 3.05) is 18.6 Å². The number of hydrogen-bond acceptors (Lipinski definition) is 5. The van der Waals surface area contributed by atoms with E-state index in [1.165, 1.54) is 39.2 Å². The normalized spacial score (nSPS) is 16.3. The van der Waals surface area contributed by atoms with Gasteiger partial charge in [-0.25, -0.2) is 9.82 Å². The van der Waals surface area contributed by atoms with E-state index < -0.39 is 0 Å². The zero-order valence-corrected chi connectivity index (χ0v) is 12.0. The van der Waals surface area contributed by atoms with E-state index in [1.807, 2.05) is 6.07 Å². The summed E-state index contributed by atoms with van der Waals surface area (Å²) >= 11 is 1.72. The van der Waals surface area contributed by atoms with E-state index in [4.69, 9.17) is 5.73 Å². The van der Waals surface area contributed by atoms with Gasteiger partial charge in [0.15, 0.2) is 7.11 Å². The second-order valence-corrected chi connectivity index (χ2v) is 5.85. The molecule has 6 heteroatoms. The average molecular weight is 282 g/mol. The van der Waals surface area contributed by atoms with Gasteiger partial charge in [-0.1, -0.05) is 19.3 Å². The molecule has 0 radical (unpaired) electrons. The summed E-state index contributed by atoms with van der Waals surface area (Å²) in [6, 6.07) is 3.48. The minimum atomic E-state index is 0.213. The van der Waals surface area contributed by atoms with Gasteiger partial charge in [-0.15, -0.1) is 11.8 Å². The van der Waals surface area contributed by atoms with Crippen LogP contribution >= 0.6 is 11.8 Å². The van der Waals surface area contributed by atoms with Crippen LogP contribution in [-0.2, 0) is 4.84 Å². The topological polar surface area (TPSA) is 68.2 Å². The molecule has 0 amide bonds. The third kappa shape index (κ3) is 3.83. The molecule has 0 bridgehead atoms. The van der Waals surface area contributed by atoms with Crippen molar-refractivity contribution in [1.82, 2.24) is 4.98 Å². The second-order valence-electron chi connectivity index (χ2n) is 4.81. The Morgan fingerprint density at radius 1 is 1.42 bits per heavy atom. The Kier molecular flexibility index (Phi) is 5.01. The van der Waals surface area contributed by atoms with E-state index in [0.29, 0.717) is 4.92 Å². The standard InChI is InChI=1S/C13H20N3O2S/c1-18-16(17)11-7-8-12(15-13(11)14)19-9-10-5-3-2-4-6-10/h7-8,10H,2-6,9H2,1H3,(H2,14,15)/q+1. The highest BCUT2D eigenvalue weighted by Gasteiger charge is 2.21. The maximum atomic E-state index is 11.3. The molecule has 2 N–H and O–H groups in total. The first-order valence-electron chi connectivity index (χ1n) is 6.61. The van der Waals surface area contributed by atoms with Crippen LogP contribution in [0.2, 0.25) is 0 Å². The zero-order valence-electron chi connectivity index (χ0n) is 11.2. The second kappa shape index (κ2) is 6.75. The highest BCUT2D eigenvalue weighted by molar-refractivity contribution is 7.99. The summed E-state index contributed by atoms with van der Waals surface area (Å²) in [7, 11) is 1.30. The molecule has 0 atom stereocenters. The lowest BCUT2D eigenvalue weighted by atomic mass is 9.91. The van der Waals surface area contributed by atoms with Crippen LogP contribution in [-0.4, -0.2) is 22.8 Å². The molecule has 0 saturated heterocycles. The Hall–Kier alpha value is -1.30. The number of nitrogen functional groups attached to an aromatic ring is 1. The van der Waals surface area contributed by atoms with Crippen LogP contribution in [0.25, 0.3) is 0 Å². The molecule has 19 heavy (non-hydrogen) atoms. The summed E-state index contributed by atoms with van der Waals surface area (Å²) in [6.07, 6.45) is 6.70. The van der Waals surface area contributed by atoms with Crippen LogP contribution in [0, 0.1) is 10.8 Å². The van der Waals surface area contributed by atoms with E-state index in [9.17, 15) is 4.91 Å². The summed E-state index contributed by atoms with van der Waals surface area (Å²) in [6.45, 7) is 0. The molecule has 1 aromatic heterocycles. The van der Waals surface area contributed by atoms with Gasteiger partial charge in [-0.3, -0.25) is 0 Å². The number of pyridine rings is 1. The largest absolute Gasteiger partial charge is 0.378 e. The first-order valence-corrected chi connectivity index (χ1v) is 7.60. The number of nitrogens with zero attached hydrogens (tertiary/aromatic N) is 2. The third-order valence-electron chi connectivity index (χ3n) is 3.43. The minimum Gasteiger partial charge on any atom is -0.378 e. The zero-order chi connectivity index (χ0) is 13.7. The predicted octanol–water partition coefficient (Wildman–Crippen LogP) is 3.31.